The Balaban J connectivity index is 1.46. The van der Waals surface area contributed by atoms with Crippen molar-refractivity contribution in [1.29, 1.82) is 0 Å². The number of amides is 1. The van der Waals surface area contributed by atoms with Crippen LogP contribution in [0.2, 0.25) is 0 Å². The lowest BCUT2D eigenvalue weighted by Gasteiger charge is -2.10. The Morgan fingerprint density at radius 2 is 1.72 bits per heavy atom. The molecule has 1 amide bonds. The molecule has 7 nitrogen and oxygen atoms in total. The van der Waals surface area contributed by atoms with Gasteiger partial charge in [-0.1, -0.05) is 0 Å². The van der Waals surface area contributed by atoms with Gasteiger partial charge in [0.05, 0.1) is 0 Å². The third-order valence-electron chi connectivity index (χ3n) is 4.09. The van der Waals surface area contributed by atoms with Gasteiger partial charge >= 0.3 is 0 Å². The van der Waals surface area contributed by atoms with Crippen molar-refractivity contribution in [3.8, 4) is 5.82 Å². The molecule has 4 rings (SSSR count). The molecule has 0 bridgehead atoms. The first kappa shape index (κ1) is 18.3. The summed E-state index contributed by atoms with van der Waals surface area (Å²) in [5.41, 5.74) is 1.81. The summed E-state index contributed by atoms with van der Waals surface area (Å²) in [5, 5.41) is 10.2. The van der Waals surface area contributed by atoms with E-state index in [-0.39, 0.29) is 11.7 Å². The molecule has 0 atom stereocenters. The number of halogens is 1. The number of carbonyl (C=O) groups is 1. The molecule has 0 saturated heterocycles. The summed E-state index contributed by atoms with van der Waals surface area (Å²) in [4.78, 5) is 21.0. The fourth-order valence-corrected chi connectivity index (χ4v) is 2.73. The number of rotatable bonds is 5. The highest BCUT2D eigenvalue weighted by molar-refractivity contribution is 6.04. The number of carbonyl (C=O) groups excluding carboxylic acids is 1. The van der Waals surface area contributed by atoms with Gasteiger partial charge in [-0.25, -0.2) is 19.0 Å². The lowest BCUT2D eigenvalue weighted by atomic mass is 10.2. The summed E-state index contributed by atoms with van der Waals surface area (Å²) < 4.78 is 14.6. The molecule has 144 valence electrons. The first-order valence-corrected chi connectivity index (χ1v) is 8.86. The summed E-state index contributed by atoms with van der Waals surface area (Å²) in [6, 6.07) is 16.2. The monoisotopic (exact) mass is 388 g/mol. The standard InChI is InChI=1S/C21H17FN6O/c1-14-24-19(13-20(25-14)28-12-2-11-23-28)26-17-7-9-18(10-8-17)27-21(29)15-3-5-16(22)6-4-15/h2-13H,1H3,(H,27,29)(H,24,25,26). The molecule has 29 heavy (non-hydrogen) atoms. The van der Waals surface area contributed by atoms with E-state index in [1.165, 1.54) is 24.3 Å². The highest BCUT2D eigenvalue weighted by Crippen LogP contribution is 2.20. The van der Waals surface area contributed by atoms with Crippen molar-refractivity contribution in [3.63, 3.8) is 0 Å². The van der Waals surface area contributed by atoms with E-state index >= 15 is 0 Å². The highest BCUT2D eigenvalue weighted by Gasteiger charge is 2.07. The Bertz CT molecular complexity index is 1130. The van der Waals surface area contributed by atoms with Crippen LogP contribution in [0.5, 0.6) is 0 Å². The van der Waals surface area contributed by atoms with E-state index in [4.69, 9.17) is 0 Å². The van der Waals surface area contributed by atoms with Gasteiger partial charge in [0.25, 0.3) is 5.91 Å². The number of anilines is 3. The van der Waals surface area contributed by atoms with Crippen LogP contribution in [0.1, 0.15) is 16.2 Å². The lowest BCUT2D eigenvalue weighted by molar-refractivity contribution is 0.102. The molecular formula is C21H17FN6O. The van der Waals surface area contributed by atoms with Gasteiger partial charge < -0.3 is 10.6 Å². The van der Waals surface area contributed by atoms with Gasteiger partial charge in [0, 0.05) is 35.4 Å². The number of hydrogen-bond acceptors (Lipinski definition) is 5. The second-order valence-electron chi connectivity index (χ2n) is 6.27. The number of nitrogens with one attached hydrogen (secondary N) is 2. The van der Waals surface area contributed by atoms with E-state index in [0.29, 0.717) is 28.7 Å². The second-order valence-corrected chi connectivity index (χ2v) is 6.27. The molecule has 0 radical (unpaired) electrons. The fourth-order valence-electron chi connectivity index (χ4n) is 2.73. The first-order chi connectivity index (χ1) is 14.1. The van der Waals surface area contributed by atoms with Gasteiger partial charge in [-0.05, 0) is 61.5 Å². The van der Waals surface area contributed by atoms with Gasteiger partial charge in [-0.2, -0.15) is 5.10 Å². The van der Waals surface area contributed by atoms with Crippen LogP contribution in [0.25, 0.3) is 5.82 Å². The highest BCUT2D eigenvalue weighted by atomic mass is 19.1. The molecule has 0 spiro atoms. The Morgan fingerprint density at radius 1 is 1.00 bits per heavy atom. The normalized spacial score (nSPS) is 10.6. The van der Waals surface area contributed by atoms with Crippen LogP contribution in [-0.4, -0.2) is 25.7 Å². The maximum absolute atomic E-state index is 13.0. The molecule has 2 N–H and O–H groups in total. The Kier molecular flexibility index (Phi) is 4.98. The quantitative estimate of drug-likeness (QED) is 0.538. The third kappa shape index (κ3) is 4.44. The zero-order valence-corrected chi connectivity index (χ0v) is 15.5. The number of hydrogen-bond donors (Lipinski definition) is 2. The van der Waals surface area contributed by atoms with E-state index in [9.17, 15) is 9.18 Å². The van der Waals surface area contributed by atoms with E-state index in [1.807, 2.05) is 31.3 Å². The molecule has 2 aromatic heterocycles. The van der Waals surface area contributed by atoms with Crippen molar-refractivity contribution in [2.45, 2.75) is 6.92 Å². The zero-order valence-electron chi connectivity index (χ0n) is 15.5. The van der Waals surface area contributed by atoms with E-state index in [1.54, 1.807) is 29.1 Å². The minimum atomic E-state index is -0.382. The number of aromatic nitrogens is 4. The first-order valence-electron chi connectivity index (χ1n) is 8.86. The minimum absolute atomic E-state index is 0.305. The minimum Gasteiger partial charge on any atom is -0.340 e. The molecule has 2 aromatic carbocycles. The Labute approximate surface area is 166 Å². The largest absolute Gasteiger partial charge is 0.340 e. The van der Waals surface area contributed by atoms with Crippen LogP contribution in [0, 0.1) is 12.7 Å². The van der Waals surface area contributed by atoms with Crippen molar-refractivity contribution >= 4 is 23.1 Å². The second kappa shape index (κ2) is 7.89. The van der Waals surface area contributed by atoms with E-state index < -0.39 is 0 Å². The molecule has 8 heteroatoms. The Morgan fingerprint density at radius 3 is 2.41 bits per heavy atom. The zero-order chi connectivity index (χ0) is 20.2. The molecule has 0 aliphatic heterocycles. The van der Waals surface area contributed by atoms with Crippen LogP contribution >= 0.6 is 0 Å². The van der Waals surface area contributed by atoms with Crippen LogP contribution in [0.3, 0.4) is 0 Å². The predicted octanol–water partition coefficient (Wildman–Crippen LogP) is 4.11. The molecule has 0 fully saturated rings. The van der Waals surface area contributed by atoms with Crippen molar-refractivity contribution < 1.29 is 9.18 Å². The Hall–Kier alpha value is -4.07. The van der Waals surface area contributed by atoms with Crippen LogP contribution < -0.4 is 10.6 Å². The molecular weight excluding hydrogens is 371 g/mol. The molecule has 4 aromatic rings. The van der Waals surface area contributed by atoms with Crippen molar-refractivity contribution in [2.75, 3.05) is 10.6 Å². The number of benzene rings is 2. The van der Waals surface area contributed by atoms with E-state index in [2.05, 4.69) is 25.7 Å². The SMILES string of the molecule is Cc1nc(Nc2ccc(NC(=O)c3ccc(F)cc3)cc2)cc(-n2cccn2)n1. The molecule has 2 heterocycles. The number of nitrogens with zero attached hydrogens (tertiary/aromatic N) is 4. The fraction of sp³-hybridized carbons (Fsp3) is 0.0476. The average molecular weight is 388 g/mol. The molecule has 0 aliphatic carbocycles. The molecule has 0 aliphatic rings. The lowest BCUT2D eigenvalue weighted by Crippen LogP contribution is -2.11. The summed E-state index contributed by atoms with van der Waals surface area (Å²) in [7, 11) is 0. The van der Waals surface area contributed by atoms with Crippen molar-refractivity contribution in [1.82, 2.24) is 19.7 Å². The third-order valence-corrected chi connectivity index (χ3v) is 4.09. The summed E-state index contributed by atoms with van der Waals surface area (Å²) in [6.07, 6.45) is 3.49. The maximum Gasteiger partial charge on any atom is 0.255 e. The van der Waals surface area contributed by atoms with Gasteiger partial charge in [0.15, 0.2) is 5.82 Å². The van der Waals surface area contributed by atoms with Crippen molar-refractivity contribution in [2.24, 2.45) is 0 Å². The average Bonchev–Trinajstić information content (AvgIpc) is 3.24. The van der Waals surface area contributed by atoms with Crippen LogP contribution in [0.4, 0.5) is 21.6 Å². The van der Waals surface area contributed by atoms with Crippen molar-refractivity contribution in [3.05, 3.63) is 90.3 Å². The van der Waals surface area contributed by atoms with Crippen LogP contribution in [-0.2, 0) is 0 Å². The maximum atomic E-state index is 13.0. The van der Waals surface area contributed by atoms with Gasteiger partial charge in [0.1, 0.15) is 17.5 Å². The summed E-state index contributed by atoms with van der Waals surface area (Å²) in [5.74, 6) is 1.22. The van der Waals surface area contributed by atoms with Gasteiger partial charge in [-0.3, -0.25) is 4.79 Å². The van der Waals surface area contributed by atoms with Gasteiger partial charge in [-0.15, -0.1) is 0 Å². The number of aryl methyl sites for hydroxylation is 1. The summed E-state index contributed by atoms with van der Waals surface area (Å²) in [6.45, 7) is 1.81. The topological polar surface area (TPSA) is 84.7 Å². The summed E-state index contributed by atoms with van der Waals surface area (Å²) >= 11 is 0. The smallest absolute Gasteiger partial charge is 0.255 e. The van der Waals surface area contributed by atoms with Crippen LogP contribution in [0.15, 0.2) is 73.1 Å². The predicted molar refractivity (Wildman–Crippen MR) is 108 cm³/mol. The molecule has 0 saturated carbocycles. The molecule has 0 unspecified atom stereocenters. The van der Waals surface area contributed by atoms with Gasteiger partial charge in [0.2, 0.25) is 0 Å². The van der Waals surface area contributed by atoms with E-state index in [0.717, 1.165) is 5.69 Å².